The SMILES string of the molecule is CC(C)(C)NC(=O)CNC(=O)C1(C)CCCCN1.Cl. The lowest BCUT2D eigenvalue weighted by atomic mass is 9.90. The number of rotatable bonds is 3. The predicted octanol–water partition coefficient (Wildman–Crippen LogP) is 0.971. The number of amides is 2. The standard InChI is InChI=1S/C13H25N3O2.ClH/c1-12(2,3)16-10(17)9-14-11(18)13(4)7-5-6-8-15-13;/h15H,5-9H2,1-4H3,(H,14,18)(H,16,17);1H. The van der Waals surface area contributed by atoms with Crippen molar-refractivity contribution in [1.29, 1.82) is 0 Å². The van der Waals surface area contributed by atoms with Crippen LogP contribution in [0.2, 0.25) is 0 Å². The molecule has 5 nitrogen and oxygen atoms in total. The first-order valence-corrected chi connectivity index (χ1v) is 6.57. The van der Waals surface area contributed by atoms with Crippen molar-refractivity contribution in [3.63, 3.8) is 0 Å². The summed E-state index contributed by atoms with van der Waals surface area (Å²) in [5.41, 5.74) is -0.797. The highest BCUT2D eigenvalue weighted by atomic mass is 35.5. The molecule has 1 fully saturated rings. The smallest absolute Gasteiger partial charge is 0.240 e. The molecule has 0 saturated carbocycles. The Morgan fingerprint density at radius 2 is 1.89 bits per heavy atom. The molecule has 0 spiro atoms. The third-order valence-electron chi connectivity index (χ3n) is 3.04. The van der Waals surface area contributed by atoms with Crippen LogP contribution in [0, 0.1) is 0 Å². The summed E-state index contributed by atoms with van der Waals surface area (Å²) in [5.74, 6) is -0.249. The van der Waals surface area contributed by atoms with Crippen molar-refractivity contribution < 1.29 is 9.59 Å². The largest absolute Gasteiger partial charge is 0.350 e. The van der Waals surface area contributed by atoms with Crippen molar-refractivity contribution in [2.75, 3.05) is 13.1 Å². The van der Waals surface area contributed by atoms with Gasteiger partial charge in [0.05, 0.1) is 12.1 Å². The molecule has 3 N–H and O–H groups in total. The van der Waals surface area contributed by atoms with E-state index in [1.807, 2.05) is 27.7 Å². The van der Waals surface area contributed by atoms with Crippen LogP contribution in [0.5, 0.6) is 0 Å². The number of carbonyl (C=O) groups excluding carboxylic acids is 2. The van der Waals surface area contributed by atoms with Gasteiger partial charge in [0.2, 0.25) is 11.8 Å². The predicted molar refractivity (Wildman–Crippen MR) is 78.4 cm³/mol. The maximum atomic E-state index is 12.0. The summed E-state index contributed by atoms with van der Waals surface area (Å²) >= 11 is 0. The summed E-state index contributed by atoms with van der Waals surface area (Å²) in [5, 5.41) is 8.74. The first kappa shape index (κ1) is 18.2. The fourth-order valence-corrected chi connectivity index (χ4v) is 2.07. The van der Waals surface area contributed by atoms with Crippen LogP contribution in [0.25, 0.3) is 0 Å². The third-order valence-corrected chi connectivity index (χ3v) is 3.04. The first-order chi connectivity index (χ1) is 8.23. The van der Waals surface area contributed by atoms with E-state index < -0.39 is 5.54 Å². The molecular weight excluding hydrogens is 266 g/mol. The van der Waals surface area contributed by atoms with E-state index in [0.717, 1.165) is 25.8 Å². The highest BCUT2D eigenvalue weighted by Crippen LogP contribution is 2.18. The van der Waals surface area contributed by atoms with Crippen molar-refractivity contribution in [2.45, 2.75) is 58.0 Å². The second-order valence-corrected chi connectivity index (χ2v) is 6.20. The van der Waals surface area contributed by atoms with Crippen LogP contribution >= 0.6 is 12.4 Å². The van der Waals surface area contributed by atoms with Crippen LogP contribution in [0.15, 0.2) is 0 Å². The van der Waals surface area contributed by atoms with Crippen LogP contribution in [-0.4, -0.2) is 36.0 Å². The van der Waals surface area contributed by atoms with E-state index in [0.29, 0.717) is 0 Å². The van der Waals surface area contributed by atoms with Crippen LogP contribution in [0.1, 0.15) is 47.0 Å². The summed E-state index contributed by atoms with van der Waals surface area (Å²) in [6, 6.07) is 0. The molecule has 0 aliphatic carbocycles. The van der Waals surface area contributed by atoms with Crippen molar-refractivity contribution in [1.82, 2.24) is 16.0 Å². The summed E-state index contributed by atoms with van der Waals surface area (Å²) in [6.45, 7) is 8.53. The van der Waals surface area contributed by atoms with Crippen molar-refractivity contribution in [3.8, 4) is 0 Å². The molecule has 0 bridgehead atoms. The van der Waals surface area contributed by atoms with Crippen LogP contribution in [0.4, 0.5) is 0 Å². The molecule has 1 aliphatic rings. The fourth-order valence-electron chi connectivity index (χ4n) is 2.07. The summed E-state index contributed by atoms with van der Waals surface area (Å²) < 4.78 is 0. The summed E-state index contributed by atoms with van der Waals surface area (Å²) in [6.07, 6.45) is 2.97. The van der Waals surface area contributed by atoms with Gasteiger partial charge in [0.25, 0.3) is 0 Å². The Morgan fingerprint density at radius 1 is 1.26 bits per heavy atom. The number of nitrogens with one attached hydrogen (secondary N) is 3. The quantitative estimate of drug-likeness (QED) is 0.726. The zero-order chi connectivity index (χ0) is 13.8. The molecule has 0 aromatic heterocycles. The molecule has 1 heterocycles. The van der Waals surface area contributed by atoms with E-state index in [1.54, 1.807) is 0 Å². The minimum Gasteiger partial charge on any atom is -0.350 e. The van der Waals surface area contributed by atoms with Gasteiger partial charge in [-0.15, -0.1) is 12.4 Å². The zero-order valence-electron chi connectivity index (χ0n) is 12.3. The topological polar surface area (TPSA) is 70.2 Å². The number of hydrogen-bond acceptors (Lipinski definition) is 3. The third kappa shape index (κ3) is 6.25. The lowest BCUT2D eigenvalue weighted by Gasteiger charge is -2.33. The van der Waals surface area contributed by atoms with Crippen molar-refractivity contribution in [3.05, 3.63) is 0 Å². The average molecular weight is 292 g/mol. The molecule has 6 heteroatoms. The molecule has 1 unspecified atom stereocenters. The lowest BCUT2D eigenvalue weighted by molar-refractivity contribution is -0.131. The Labute approximate surface area is 121 Å². The highest BCUT2D eigenvalue weighted by Gasteiger charge is 2.34. The van der Waals surface area contributed by atoms with E-state index in [1.165, 1.54) is 0 Å². The second kappa shape index (κ2) is 7.10. The van der Waals surface area contributed by atoms with E-state index in [2.05, 4.69) is 16.0 Å². The van der Waals surface area contributed by atoms with E-state index in [9.17, 15) is 9.59 Å². The minimum absolute atomic E-state index is 0. The monoisotopic (exact) mass is 291 g/mol. The summed E-state index contributed by atoms with van der Waals surface area (Å²) in [7, 11) is 0. The molecule has 0 aromatic rings. The molecule has 19 heavy (non-hydrogen) atoms. The van der Waals surface area contributed by atoms with Gasteiger partial charge < -0.3 is 16.0 Å². The normalized spacial score (nSPS) is 23.2. The Bertz CT molecular complexity index is 320. The number of hydrogen-bond donors (Lipinski definition) is 3. The van der Waals surface area contributed by atoms with Gasteiger partial charge in [-0.05, 0) is 53.5 Å². The van der Waals surface area contributed by atoms with Crippen LogP contribution in [-0.2, 0) is 9.59 Å². The van der Waals surface area contributed by atoms with Crippen molar-refractivity contribution >= 4 is 24.2 Å². The molecule has 1 rings (SSSR count). The molecule has 0 radical (unpaired) electrons. The highest BCUT2D eigenvalue weighted by molar-refractivity contribution is 5.90. The van der Waals surface area contributed by atoms with Gasteiger partial charge in [0.1, 0.15) is 0 Å². The molecule has 1 aliphatic heterocycles. The molecule has 112 valence electrons. The number of carbonyl (C=O) groups is 2. The van der Waals surface area contributed by atoms with Crippen LogP contribution < -0.4 is 16.0 Å². The molecule has 0 aromatic carbocycles. The van der Waals surface area contributed by atoms with Gasteiger partial charge in [-0.2, -0.15) is 0 Å². The minimum atomic E-state index is -0.528. The number of halogens is 1. The Balaban J connectivity index is 0.00000324. The van der Waals surface area contributed by atoms with E-state index in [4.69, 9.17) is 0 Å². The zero-order valence-corrected chi connectivity index (χ0v) is 13.1. The molecule has 1 atom stereocenters. The van der Waals surface area contributed by atoms with Gasteiger partial charge in [0, 0.05) is 5.54 Å². The Kier molecular flexibility index (Phi) is 6.80. The van der Waals surface area contributed by atoms with Gasteiger partial charge >= 0.3 is 0 Å². The molecular formula is C13H26ClN3O2. The van der Waals surface area contributed by atoms with Gasteiger partial charge in [0.15, 0.2) is 0 Å². The molecule has 2 amide bonds. The average Bonchev–Trinajstić information content (AvgIpc) is 2.24. The Morgan fingerprint density at radius 3 is 2.37 bits per heavy atom. The van der Waals surface area contributed by atoms with Gasteiger partial charge in [-0.3, -0.25) is 9.59 Å². The van der Waals surface area contributed by atoms with Gasteiger partial charge in [-0.25, -0.2) is 0 Å². The fraction of sp³-hybridized carbons (Fsp3) is 0.846. The lowest BCUT2D eigenvalue weighted by Crippen LogP contribution is -2.58. The first-order valence-electron chi connectivity index (χ1n) is 6.57. The van der Waals surface area contributed by atoms with Crippen LogP contribution in [0.3, 0.4) is 0 Å². The maximum Gasteiger partial charge on any atom is 0.240 e. The molecule has 1 saturated heterocycles. The summed E-state index contributed by atoms with van der Waals surface area (Å²) in [4.78, 5) is 23.6. The van der Waals surface area contributed by atoms with E-state index >= 15 is 0 Å². The van der Waals surface area contributed by atoms with Gasteiger partial charge in [-0.1, -0.05) is 0 Å². The van der Waals surface area contributed by atoms with Crippen molar-refractivity contribution in [2.24, 2.45) is 0 Å². The number of piperidine rings is 1. The van der Waals surface area contributed by atoms with E-state index in [-0.39, 0.29) is 36.3 Å². The maximum absolute atomic E-state index is 12.0. The second-order valence-electron chi connectivity index (χ2n) is 6.20. The Hall–Kier alpha value is -0.810.